The average Bonchev–Trinajstić information content (AvgIpc) is 2.23. The van der Waals surface area contributed by atoms with Gasteiger partial charge in [0.05, 0.1) is 0 Å². The van der Waals surface area contributed by atoms with Gasteiger partial charge >= 0.3 is 0 Å². The third-order valence-corrected chi connectivity index (χ3v) is 2.54. The summed E-state index contributed by atoms with van der Waals surface area (Å²) in [7, 11) is 0. The number of hydrogen-bond acceptors (Lipinski definition) is 1. The fourth-order valence-electron chi connectivity index (χ4n) is 1.60. The molecule has 2 nitrogen and oxygen atoms in total. The van der Waals surface area contributed by atoms with Crippen LogP contribution in [0.2, 0.25) is 0 Å². The molecule has 1 heterocycles. The van der Waals surface area contributed by atoms with Crippen LogP contribution in [0.3, 0.4) is 0 Å². The van der Waals surface area contributed by atoms with Crippen molar-refractivity contribution in [3.8, 4) is 0 Å². The smallest absolute Gasteiger partial charge is 0.256 e. The zero-order valence-corrected chi connectivity index (χ0v) is 8.67. The number of fused-ring (bicyclic) bond motifs is 1. The molecule has 0 saturated heterocycles. The monoisotopic (exact) mass is 205 g/mol. The summed E-state index contributed by atoms with van der Waals surface area (Å²) in [5.74, 6) is -0.0554. The normalized spacial score (nSPS) is 11.2. The van der Waals surface area contributed by atoms with Crippen LogP contribution in [0.25, 0.3) is 10.8 Å². The summed E-state index contributed by atoms with van der Waals surface area (Å²) in [5, 5.41) is 0.796. The molecule has 0 aliphatic carbocycles. The molecule has 0 fully saturated rings. The molecule has 2 aromatic rings. The molecule has 0 spiro atoms. The van der Waals surface area contributed by atoms with Gasteiger partial charge in [-0.25, -0.2) is 4.39 Å². The molecule has 15 heavy (non-hydrogen) atoms. The number of rotatable bonds is 1. The van der Waals surface area contributed by atoms with Gasteiger partial charge in [-0.2, -0.15) is 0 Å². The number of benzene rings is 1. The highest BCUT2D eigenvalue weighted by molar-refractivity contribution is 5.82. The van der Waals surface area contributed by atoms with Gasteiger partial charge < -0.3 is 4.98 Å². The van der Waals surface area contributed by atoms with Gasteiger partial charge in [-0.3, -0.25) is 4.79 Å². The van der Waals surface area contributed by atoms with Crippen molar-refractivity contribution in [3.63, 3.8) is 0 Å². The van der Waals surface area contributed by atoms with Gasteiger partial charge in [0.15, 0.2) is 0 Å². The van der Waals surface area contributed by atoms with E-state index >= 15 is 0 Å². The third kappa shape index (κ3) is 1.65. The first-order valence-corrected chi connectivity index (χ1v) is 4.90. The summed E-state index contributed by atoms with van der Waals surface area (Å²) in [4.78, 5) is 13.8. The minimum atomic E-state index is -0.382. The van der Waals surface area contributed by atoms with Crippen molar-refractivity contribution in [2.45, 2.75) is 19.8 Å². The van der Waals surface area contributed by atoms with Crippen molar-refractivity contribution < 1.29 is 4.39 Å². The third-order valence-electron chi connectivity index (χ3n) is 2.54. The first-order chi connectivity index (χ1) is 7.09. The van der Waals surface area contributed by atoms with Crippen LogP contribution >= 0.6 is 0 Å². The van der Waals surface area contributed by atoms with Gasteiger partial charge in [0.2, 0.25) is 0 Å². The van der Waals surface area contributed by atoms with Crippen molar-refractivity contribution in [3.05, 3.63) is 46.1 Å². The molecule has 0 bridgehead atoms. The van der Waals surface area contributed by atoms with Crippen LogP contribution in [-0.4, -0.2) is 4.98 Å². The highest BCUT2D eigenvalue weighted by atomic mass is 19.1. The Morgan fingerprint density at radius 1 is 1.27 bits per heavy atom. The maximum atomic E-state index is 13.4. The molecule has 0 amide bonds. The zero-order valence-electron chi connectivity index (χ0n) is 8.67. The number of hydrogen-bond donors (Lipinski definition) is 1. The van der Waals surface area contributed by atoms with Gasteiger partial charge in [-0.1, -0.05) is 19.9 Å². The van der Waals surface area contributed by atoms with Crippen LogP contribution in [-0.2, 0) is 0 Å². The van der Waals surface area contributed by atoms with Gasteiger partial charge in [0, 0.05) is 17.0 Å². The fraction of sp³-hybridized carbons (Fsp3) is 0.250. The Bertz CT molecular complexity index is 557. The van der Waals surface area contributed by atoms with E-state index in [1.165, 1.54) is 0 Å². The lowest BCUT2D eigenvalue weighted by atomic mass is 10.00. The van der Waals surface area contributed by atoms with E-state index in [0.717, 1.165) is 11.8 Å². The number of H-pyrrole nitrogens is 1. The molecule has 2 rings (SSSR count). The van der Waals surface area contributed by atoms with Gasteiger partial charge in [0.25, 0.3) is 5.56 Å². The average molecular weight is 205 g/mol. The van der Waals surface area contributed by atoms with Crippen LogP contribution in [0.15, 0.2) is 29.2 Å². The van der Waals surface area contributed by atoms with E-state index in [0.29, 0.717) is 16.7 Å². The molecule has 1 aromatic heterocycles. The molecule has 3 heteroatoms. The quantitative estimate of drug-likeness (QED) is 0.762. The lowest BCUT2D eigenvalue weighted by Crippen LogP contribution is -2.06. The van der Waals surface area contributed by atoms with E-state index < -0.39 is 0 Å². The van der Waals surface area contributed by atoms with Crippen LogP contribution < -0.4 is 5.56 Å². The molecule has 1 aromatic carbocycles. The van der Waals surface area contributed by atoms with E-state index in [1.807, 2.05) is 19.9 Å². The van der Waals surface area contributed by atoms with E-state index in [9.17, 15) is 9.18 Å². The summed E-state index contributed by atoms with van der Waals surface area (Å²) in [5.41, 5.74) is 0.786. The van der Waals surface area contributed by atoms with Gasteiger partial charge in [-0.15, -0.1) is 0 Å². The highest BCUT2D eigenvalue weighted by Gasteiger charge is 2.06. The van der Waals surface area contributed by atoms with Crippen molar-refractivity contribution in [2.24, 2.45) is 0 Å². The summed E-state index contributed by atoms with van der Waals surface area (Å²) in [6.45, 7) is 4.07. The lowest BCUT2D eigenvalue weighted by Gasteiger charge is -2.06. The fourth-order valence-corrected chi connectivity index (χ4v) is 1.60. The summed E-state index contributed by atoms with van der Waals surface area (Å²) in [6.07, 6.45) is 1.11. The van der Waals surface area contributed by atoms with Crippen molar-refractivity contribution in [2.75, 3.05) is 0 Å². The molecule has 1 N–H and O–H groups in total. The SMILES string of the molecule is CC(C)c1ccc2c(=O)[nH]cc(F)c2c1. The van der Waals surface area contributed by atoms with Crippen molar-refractivity contribution >= 4 is 10.8 Å². The summed E-state index contributed by atoms with van der Waals surface area (Å²) >= 11 is 0. The Morgan fingerprint density at radius 2 is 2.00 bits per heavy atom. The topological polar surface area (TPSA) is 32.9 Å². The van der Waals surface area contributed by atoms with Crippen molar-refractivity contribution in [1.82, 2.24) is 4.98 Å². The van der Waals surface area contributed by atoms with E-state index in [2.05, 4.69) is 4.98 Å². The molecule has 0 atom stereocenters. The highest BCUT2D eigenvalue weighted by Crippen LogP contribution is 2.20. The molecular formula is C12H12FNO. The van der Waals surface area contributed by atoms with Crippen LogP contribution in [0.1, 0.15) is 25.3 Å². The van der Waals surface area contributed by atoms with Crippen LogP contribution in [0.5, 0.6) is 0 Å². The molecule has 0 unspecified atom stereocenters. The van der Waals surface area contributed by atoms with Gasteiger partial charge in [-0.05, 0) is 23.6 Å². The van der Waals surface area contributed by atoms with Gasteiger partial charge in [0.1, 0.15) is 5.82 Å². The minimum absolute atomic E-state index is 0.248. The van der Waals surface area contributed by atoms with Crippen molar-refractivity contribution in [1.29, 1.82) is 0 Å². The number of nitrogens with one attached hydrogen (secondary N) is 1. The zero-order chi connectivity index (χ0) is 11.0. The number of halogens is 1. The summed E-state index contributed by atoms with van der Waals surface area (Å²) in [6, 6.07) is 5.28. The predicted octanol–water partition coefficient (Wildman–Crippen LogP) is 2.79. The molecule has 0 saturated carbocycles. The molecule has 0 radical (unpaired) electrons. The number of aromatic nitrogens is 1. The maximum Gasteiger partial charge on any atom is 0.256 e. The molecule has 78 valence electrons. The maximum absolute atomic E-state index is 13.4. The second-order valence-electron chi connectivity index (χ2n) is 3.93. The van der Waals surface area contributed by atoms with Crippen LogP contribution in [0.4, 0.5) is 4.39 Å². The van der Waals surface area contributed by atoms with E-state index in [-0.39, 0.29) is 11.4 Å². The standard InChI is InChI=1S/C12H12FNO/c1-7(2)8-3-4-9-10(5-8)11(13)6-14-12(9)15/h3-7H,1-2H3,(H,14,15). The van der Waals surface area contributed by atoms with E-state index in [1.54, 1.807) is 12.1 Å². The second kappa shape index (κ2) is 3.50. The minimum Gasteiger partial charge on any atom is -0.326 e. The predicted molar refractivity (Wildman–Crippen MR) is 58.6 cm³/mol. The Balaban J connectivity index is 2.81. The number of pyridine rings is 1. The van der Waals surface area contributed by atoms with Crippen LogP contribution in [0, 0.1) is 5.82 Å². The lowest BCUT2D eigenvalue weighted by molar-refractivity contribution is 0.633. The Kier molecular flexibility index (Phi) is 2.31. The Morgan fingerprint density at radius 3 is 2.67 bits per heavy atom. The largest absolute Gasteiger partial charge is 0.326 e. The number of aromatic amines is 1. The molecule has 0 aliphatic heterocycles. The first-order valence-electron chi connectivity index (χ1n) is 4.90. The first kappa shape index (κ1) is 9.90. The Labute approximate surface area is 86.8 Å². The summed E-state index contributed by atoms with van der Waals surface area (Å²) < 4.78 is 13.4. The second-order valence-corrected chi connectivity index (χ2v) is 3.93. The molecular weight excluding hydrogens is 193 g/mol. The molecule has 0 aliphatic rings. The van der Waals surface area contributed by atoms with E-state index in [4.69, 9.17) is 0 Å². The Hall–Kier alpha value is -1.64.